The summed E-state index contributed by atoms with van der Waals surface area (Å²) in [7, 11) is 0. The molecule has 136 valence electrons. The summed E-state index contributed by atoms with van der Waals surface area (Å²) in [6.45, 7) is 7.00. The lowest BCUT2D eigenvalue weighted by molar-refractivity contribution is 0.173. The number of amides is 2. The summed E-state index contributed by atoms with van der Waals surface area (Å²) in [5.41, 5.74) is 2.98. The fourth-order valence-corrected chi connectivity index (χ4v) is 2.82. The van der Waals surface area contributed by atoms with Crippen LogP contribution in [0.15, 0.2) is 36.5 Å². The second-order valence-corrected chi connectivity index (χ2v) is 6.17. The van der Waals surface area contributed by atoms with Crippen molar-refractivity contribution < 1.29 is 9.90 Å². The molecule has 0 aliphatic carbocycles. The van der Waals surface area contributed by atoms with Gasteiger partial charge in [0.2, 0.25) is 0 Å². The maximum absolute atomic E-state index is 12.5. The number of hydrogen-bond acceptors (Lipinski definition) is 3. The number of para-hydroxylation sites is 1. The smallest absolute Gasteiger partial charge is 0.317 e. The highest BCUT2D eigenvalue weighted by atomic mass is 16.3. The van der Waals surface area contributed by atoms with Crippen LogP contribution in [0.2, 0.25) is 0 Å². The molecule has 0 saturated carbocycles. The molecule has 0 fully saturated rings. The zero-order chi connectivity index (χ0) is 18.2. The minimum Gasteiger partial charge on any atom is -0.395 e. The van der Waals surface area contributed by atoms with Crippen LogP contribution in [0.5, 0.6) is 0 Å². The lowest BCUT2D eigenvalue weighted by Crippen LogP contribution is -2.43. The number of unbranched alkanes of at least 4 members (excludes halogenated alkanes) is 1. The Morgan fingerprint density at radius 2 is 2.04 bits per heavy atom. The van der Waals surface area contributed by atoms with Crippen LogP contribution >= 0.6 is 0 Å². The van der Waals surface area contributed by atoms with Crippen LogP contribution in [-0.4, -0.2) is 45.5 Å². The van der Waals surface area contributed by atoms with Crippen LogP contribution in [0.3, 0.4) is 0 Å². The fraction of sp³-hybridized carbons (Fsp3) is 0.474. The summed E-state index contributed by atoms with van der Waals surface area (Å²) in [6.07, 6.45) is 3.73. The quantitative estimate of drug-likeness (QED) is 0.773. The topological polar surface area (TPSA) is 70.4 Å². The molecule has 1 heterocycles. The SMILES string of the molecule is CCCCN(CCO)C(=O)N[C@H](C)c1cnn(-c2ccccc2)c1C. The normalized spacial score (nSPS) is 12.0. The molecule has 6 heteroatoms. The minimum absolute atomic E-state index is 0.0313. The molecule has 2 aromatic rings. The van der Waals surface area contributed by atoms with E-state index in [-0.39, 0.29) is 18.7 Å². The Kier molecular flexibility index (Phi) is 7.01. The molecule has 1 aromatic heterocycles. The Bertz CT molecular complexity index is 669. The molecule has 6 nitrogen and oxygen atoms in total. The lowest BCUT2D eigenvalue weighted by atomic mass is 10.1. The van der Waals surface area contributed by atoms with Crippen molar-refractivity contribution in [2.75, 3.05) is 19.7 Å². The number of nitrogens with zero attached hydrogens (tertiary/aromatic N) is 3. The van der Waals surface area contributed by atoms with Crippen molar-refractivity contribution in [2.45, 2.75) is 39.7 Å². The number of carbonyl (C=O) groups is 1. The maximum atomic E-state index is 12.5. The van der Waals surface area contributed by atoms with E-state index in [9.17, 15) is 9.90 Å². The van der Waals surface area contributed by atoms with E-state index in [1.807, 2.05) is 48.9 Å². The molecule has 0 unspecified atom stereocenters. The zero-order valence-corrected chi connectivity index (χ0v) is 15.3. The van der Waals surface area contributed by atoms with Gasteiger partial charge in [0, 0.05) is 24.3 Å². The minimum atomic E-state index is -0.159. The van der Waals surface area contributed by atoms with E-state index in [4.69, 9.17) is 0 Å². The third-order valence-corrected chi connectivity index (χ3v) is 4.29. The molecule has 0 spiro atoms. The van der Waals surface area contributed by atoms with Gasteiger partial charge in [-0.25, -0.2) is 9.48 Å². The molecular formula is C19H28N4O2. The number of nitrogens with one attached hydrogen (secondary N) is 1. The van der Waals surface area contributed by atoms with E-state index < -0.39 is 0 Å². The van der Waals surface area contributed by atoms with Gasteiger partial charge in [0.05, 0.1) is 24.5 Å². The first-order valence-corrected chi connectivity index (χ1v) is 8.84. The number of benzene rings is 1. The molecule has 1 atom stereocenters. The highest BCUT2D eigenvalue weighted by Gasteiger charge is 2.19. The van der Waals surface area contributed by atoms with Crippen molar-refractivity contribution in [1.29, 1.82) is 0 Å². The van der Waals surface area contributed by atoms with Crippen molar-refractivity contribution >= 4 is 6.03 Å². The Morgan fingerprint density at radius 3 is 2.68 bits per heavy atom. The van der Waals surface area contributed by atoms with Gasteiger partial charge in [-0.3, -0.25) is 0 Å². The van der Waals surface area contributed by atoms with Crippen molar-refractivity contribution in [3.05, 3.63) is 47.8 Å². The number of hydrogen-bond donors (Lipinski definition) is 2. The van der Waals surface area contributed by atoms with Crippen LogP contribution in [0.1, 0.15) is 44.0 Å². The lowest BCUT2D eigenvalue weighted by Gasteiger charge is -2.24. The Morgan fingerprint density at radius 1 is 1.32 bits per heavy atom. The number of urea groups is 1. The van der Waals surface area contributed by atoms with Crippen LogP contribution in [0.25, 0.3) is 5.69 Å². The van der Waals surface area contributed by atoms with Crippen molar-refractivity contribution in [2.24, 2.45) is 0 Å². The molecular weight excluding hydrogens is 316 g/mol. The predicted octanol–water partition coefficient (Wildman–Crippen LogP) is 3.05. The van der Waals surface area contributed by atoms with Crippen LogP contribution in [0.4, 0.5) is 4.79 Å². The third kappa shape index (κ3) is 4.82. The van der Waals surface area contributed by atoms with Gasteiger partial charge >= 0.3 is 6.03 Å². The summed E-state index contributed by atoms with van der Waals surface area (Å²) in [4.78, 5) is 14.2. The Balaban J connectivity index is 2.09. The van der Waals surface area contributed by atoms with Crippen LogP contribution < -0.4 is 5.32 Å². The summed E-state index contributed by atoms with van der Waals surface area (Å²) in [6, 6.07) is 9.61. The van der Waals surface area contributed by atoms with E-state index in [1.54, 1.807) is 11.1 Å². The van der Waals surface area contributed by atoms with E-state index in [2.05, 4.69) is 17.3 Å². The van der Waals surface area contributed by atoms with Gasteiger partial charge in [-0.2, -0.15) is 5.10 Å². The molecule has 1 aromatic carbocycles. The van der Waals surface area contributed by atoms with Crippen molar-refractivity contribution in [1.82, 2.24) is 20.0 Å². The summed E-state index contributed by atoms with van der Waals surface area (Å²) in [5, 5.41) is 16.6. The fourth-order valence-electron chi connectivity index (χ4n) is 2.82. The molecule has 25 heavy (non-hydrogen) atoms. The van der Waals surface area contributed by atoms with Gasteiger partial charge in [0.15, 0.2) is 0 Å². The van der Waals surface area contributed by atoms with Gasteiger partial charge in [-0.15, -0.1) is 0 Å². The van der Waals surface area contributed by atoms with E-state index in [1.165, 1.54) is 0 Å². The third-order valence-electron chi connectivity index (χ3n) is 4.29. The van der Waals surface area contributed by atoms with Gasteiger partial charge in [-0.1, -0.05) is 31.5 Å². The van der Waals surface area contributed by atoms with Crippen molar-refractivity contribution in [3.63, 3.8) is 0 Å². The summed E-state index contributed by atoms with van der Waals surface area (Å²) in [5.74, 6) is 0. The molecule has 2 N–H and O–H groups in total. The van der Waals surface area contributed by atoms with E-state index in [0.29, 0.717) is 13.1 Å². The van der Waals surface area contributed by atoms with Crippen LogP contribution in [0, 0.1) is 6.92 Å². The summed E-state index contributed by atoms with van der Waals surface area (Å²) >= 11 is 0. The predicted molar refractivity (Wildman–Crippen MR) is 98.8 cm³/mol. The molecule has 2 rings (SSSR count). The highest BCUT2D eigenvalue weighted by Crippen LogP contribution is 2.20. The number of rotatable bonds is 8. The molecule has 0 aliphatic heterocycles. The standard InChI is InChI=1S/C19H28N4O2/c1-4-5-11-22(12-13-24)19(25)21-15(2)18-14-20-23(16(18)3)17-9-7-6-8-10-17/h6-10,14-15,24H,4-5,11-13H2,1-3H3,(H,21,25)/t15-/m1/s1. The van der Waals surface area contributed by atoms with E-state index in [0.717, 1.165) is 29.8 Å². The maximum Gasteiger partial charge on any atom is 0.317 e. The first-order valence-electron chi connectivity index (χ1n) is 8.84. The average molecular weight is 344 g/mol. The van der Waals surface area contributed by atoms with Gasteiger partial charge in [-0.05, 0) is 32.4 Å². The highest BCUT2D eigenvalue weighted by molar-refractivity contribution is 5.74. The van der Waals surface area contributed by atoms with Crippen molar-refractivity contribution in [3.8, 4) is 5.69 Å². The summed E-state index contributed by atoms with van der Waals surface area (Å²) < 4.78 is 1.88. The van der Waals surface area contributed by atoms with E-state index >= 15 is 0 Å². The molecule has 0 radical (unpaired) electrons. The molecule has 0 saturated heterocycles. The first kappa shape index (κ1) is 19.0. The Labute approximate surface area is 149 Å². The average Bonchev–Trinajstić information content (AvgIpc) is 3.00. The number of aromatic nitrogens is 2. The number of aliphatic hydroxyl groups excluding tert-OH is 1. The number of aliphatic hydroxyl groups is 1. The first-order chi connectivity index (χ1) is 12.1. The number of carbonyl (C=O) groups excluding carboxylic acids is 1. The van der Waals surface area contributed by atoms with Gasteiger partial charge < -0.3 is 15.3 Å². The largest absolute Gasteiger partial charge is 0.395 e. The zero-order valence-electron chi connectivity index (χ0n) is 15.3. The Hall–Kier alpha value is -2.34. The van der Waals surface area contributed by atoms with Crippen LogP contribution in [-0.2, 0) is 0 Å². The van der Waals surface area contributed by atoms with Gasteiger partial charge in [0.25, 0.3) is 0 Å². The second kappa shape index (κ2) is 9.22. The second-order valence-electron chi connectivity index (χ2n) is 6.17. The van der Waals surface area contributed by atoms with Gasteiger partial charge in [0.1, 0.15) is 0 Å². The monoisotopic (exact) mass is 344 g/mol. The molecule has 0 aliphatic rings. The molecule has 2 amide bonds. The molecule has 0 bridgehead atoms.